The van der Waals surface area contributed by atoms with Crippen molar-refractivity contribution in [1.29, 1.82) is 0 Å². The number of benzene rings is 1. The van der Waals surface area contributed by atoms with E-state index in [1.807, 2.05) is 18.4 Å². The number of hydrogen-bond donors (Lipinski definition) is 1. The quantitative estimate of drug-likeness (QED) is 0.552. The molecule has 0 spiro atoms. The molecule has 1 aromatic carbocycles. The number of nitrogens with zero attached hydrogens (tertiary/aromatic N) is 1. The standard InChI is InChI=1S/C26H34N2/c1-7-11-19(3)26(18-23(8-2)25-13-10-9-12-20(25)4)21(5)22(6)28-16-14-24(27)15-17-28/h8-16,18,21H,6-7,17,27H2,1-5H3/b19-11-,23-8-,26-18-. The van der Waals surface area contributed by atoms with Gasteiger partial charge in [0.2, 0.25) is 0 Å². The monoisotopic (exact) mass is 374 g/mol. The smallest absolute Gasteiger partial charge is 0.0425 e. The lowest BCUT2D eigenvalue weighted by molar-refractivity contribution is 0.458. The van der Waals surface area contributed by atoms with Crippen molar-refractivity contribution in [2.45, 2.75) is 41.0 Å². The van der Waals surface area contributed by atoms with Crippen LogP contribution in [0.15, 0.2) is 90.0 Å². The molecule has 1 aromatic rings. The van der Waals surface area contributed by atoms with Crippen molar-refractivity contribution in [3.8, 4) is 0 Å². The molecule has 2 nitrogen and oxygen atoms in total. The molecule has 148 valence electrons. The zero-order valence-electron chi connectivity index (χ0n) is 18.0. The van der Waals surface area contributed by atoms with Gasteiger partial charge in [-0.1, -0.05) is 68.5 Å². The Morgan fingerprint density at radius 3 is 2.61 bits per heavy atom. The highest BCUT2D eigenvalue weighted by Crippen LogP contribution is 2.32. The van der Waals surface area contributed by atoms with Gasteiger partial charge in [-0.2, -0.15) is 0 Å². The van der Waals surface area contributed by atoms with Crippen LogP contribution in [0.5, 0.6) is 0 Å². The topological polar surface area (TPSA) is 29.3 Å². The van der Waals surface area contributed by atoms with Gasteiger partial charge in [-0.15, -0.1) is 0 Å². The van der Waals surface area contributed by atoms with Crippen molar-refractivity contribution in [3.63, 3.8) is 0 Å². The third-order valence-corrected chi connectivity index (χ3v) is 5.35. The Labute approximate surface area is 171 Å². The van der Waals surface area contributed by atoms with Gasteiger partial charge in [0.05, 0.1) is 0 Å². The van der Waals surface area contributed by atoms with E-state index in [-0.39, 0.29) is 5.92 Å². The minimum Gasteiger partial charge on any atom is -0.399 e. The van der Waals surface area contributed by atoms with Crippen molar-refractivity contribution in [3.05, 3.63) is 101 Å². The molecule has 1 atom stereocenters. The van der Waals surface area contributed by atoms with Gasteiger partial charge >= 0.3 is 0 Å². The maximum atomic E-state index is 5.87. The molecule has 1 aliphatic rings. The van der Waals surface area contributed by atoms with E-state index in [9.17, 15) is 0 Å². The van der Waals surface area contributed by atoms with Crippen molar-refractivity contribution in [2.75, 3.05) is 6.54 Å². The average Bonchev–Trinajstić information content (AvgIpc) is 2.69. The molecular formula is C26H34N2. The van der Waals surface area contributed by atoms with Crippen LogP contribution in [0.1, 0.15) is 45.2 Å². The Balaban J connectivity index is 2.43. The van der Waals surface area contributed by atoms with E-state index < -0.39 is 0 Å². The summed E-state index contributed by atoms with van der Waals surface area (Å²) in [6.07, 6.45) is 13.8. The van der Waals surface area contributed by atoms with Crippen molar-refractivity contribution >= 4 is 5.57 Å². The Morgan fingerprint density at radius 1 is 1.32 bits per heavy atom. The van der Waals surface area contributed by atoms with Gasteiger partial charge in [-0.3, -0.25) is 0 Å². The lowest BCUT2D eigenvalue weighted by atomic mass is 9.87. The zero-order chi connectivity index (χ0) is 20.7. The first-order valence-corrected chi connectivity index (χ1v) is 10.1. The fourth-order valence-electron chi connectivity index (χ4n) is 3.54. The molecule has 0 saturated carbocycles. The molecule has 2 heteroatoms. The normalized spacial score (nSPS) is 16.8. The predicted molar refractivity (Wildman–Crippen MR) is 123 cm³/mol. The van der Waals surface area contributed by atoms with Crippen LogP contribution in [-0.4, -0.2) is 11.4 Å². The summed E-state index contributed by atoms with van der Waals surface area (Å²) in [5.41, 5.74) is 14.2. The van der Waals surface area contributed by atoms with Crippen molar-refractivity contribution in [1.82, 2.24) is 4.90 Å². The summed E-state index contributed by atoms with van der Waals surface area (Å²) >= 11 is 0. The van der Waals surface area contributed by atoms with Crippen LogP contribution >= 0.6 is 0 Å². The van der Waals surface area contributed by atoms with Crippen LogP contribution < -0.4 is 5.73 Å². The molecule has 0 aliphatic carbocycles. The maximum Gasteiger partial charge on any atom is 0.0425 e. The SMILES string of the molecule is C=C(C(C)C(=C\C(=C\C)c1ccccc1C)/C(C)=C\CC)N1C=CC(N)=CC1. The molecule has 0 bridgehead atoms. The van der Waals surface area contributed by atoms with Crippen LogP contribution in [0.4, 0.5) is 0 Å². The Bertz CT molecular complexity index is 862. The summed E-state index contributed by atoms with van der Waals surface area (Å²) in [5, 5.41) is 0. The highest BCUT2D eigenvalue weighted by atomic mass is 15.1. The molecule has 0 amide bonds. The number of allylic oxidation sites excluding steroid dienone is 7. The Morgan fingerprint density at radius 2 is 2.04 bits per heavy atom. The second-order valence-electron chi connectivity index (χ2n) is 7.34. The van der Waals surface area contributed by atoms with Gasteiger partial charge in [-0.25, -0.2) is 0 Å². The first kappa shape index (κ1) is 21.6. The zero-order valence-corrected chi connectivity index (χ0v) is 18.0. The molecule has 0 fully saturated rings. The molecule has 2 rings (SSSR count). The molecular weight excluding hydrogens is 340 g/mol. The lowest BCUT2D eigenvalue weighted by Gasteiger charge is -2.30. The molecule has 1 unspecified atom stereocenters. The average molecular weight is 375 g/mol. The van der Waals surface area contributed by atoms with E-state index in [0.29, 0.717) is 0 Å². The minimum atomic E-state index is 0.194. The number of aryl methyl sites for hydroxylation is 1. The Kier molecular flexibility index (Phi) is 7.69. The molecule has 2 N–H and O–H groups in total. The first-order chi connectivity index (χ1) is 13.4. The van der Waals surface area contributed by atoms with Crippen LogP contribution in [-0.2, 0) is 0 Å². The molecule has 28 heavy (non-hydrogen) atoms. The van der Waals surface area contributed by atoms with Crippen LogP contribution in [0.2, 0.25) is 0 Å². The third-order valence-electron chi connectivity index (χ3n) is 5.35. The van der Waals surface area contributed by atoms with Gasteiger partial charge in [0, 0.05) is 30.1 Å². The lowest BCUT2D eigenvalue weighted by Crippen LogP contribution is -2.25. The fourth-order valence-corrected chi connectivity index (χ4v) is 3.54. The third kappa shape index (κ3) is 5.16. The van der Waals surface area contributed by atoms with E-state index >= 15 is 0 Å². The fraction of sp³-hybridized carbons (Fsp3) is 0.308. The van der Waals surface area contributed by atoms with Gasteiger partial charge < -0.3 is 10.6 Å². The highest BCUT2D eigenvalue weighted by Gasteiger charge is 2.19. The summed E-state index contributed by atoms with van der Waals surface area (Å²) in [6.45, 7) is 16.1. The van der Waals surface area contributed by atoms with E-state index in [1.165, 1.54) is 27.8 Å². The molecule has 0 saturated heterocycles. The van der Waals surface area contributed by atoms with Crippen LogP contribution in [0, 0.1) is 12.8 Å². The second kappa shape index (κ2) is 9.98. The highest BCUT2D eigenvalue weighted by molar-refractivity contribution is 5.77. The summed E-state index contributed by atoms with van der Waals surface area (Å²) in [5.74, 6) is 0.194. The van der Waals surface area contributed by atoms with Crippen LogP contribution in [0.25, 0.3) is 5.57 Å². The number of hydrogen-bond acceptors (Lipinski definition) is 2. The largest absolute Gasteiger partial charge is 0.399 e. The summed E-state index contributed by atoms with van der Waals surface area (Å²) in [4.78, 5) is 2.18. The molecule has 0 radical (unpaired) electrons. The summed E-state index contributed by atoms with van der Waals surface area (Å²) in [7, 11) is 0. The Hall–Kier alpha value is -2.74. The second-order valence-corrected chi connectivity index (χ2v) is 7.34. The van der Waals surface area contributed by atoms with Gasteiger partial charge in [-0.05, 0) is 61.6 Å². The number of rotatable bonds is 7. The molecule has 1 heterocycles. The summed E-state index contributed by atoms with van der Waals surface area (Å²) in [6, 6.07) is 8.55. The van der Waals surface area contributed by atoms with E-state index in [0.717, 1.165) is 24.4 Å². The molecule has 0 aromatic heterocycles. The number of nitrogens with two attached hydrogens (primary N) is 1. The minimum absolute atomic E-state index is 0.194. The van der Waals surface area contributed by atoms with Crippen molar-refractivity contribution < 1.29 is 0 Å². The van der Waals surface area contributed by atoms with Crippen molar-refractivity contribution in [2.24, 2.45) is 11.7 Å². The first-order valence-electron chi connectivity index (χ1n) is 10.1. The van der Waals surface area contributed by atoms with Gasteiger partial charge in [0.25, 0.3) is 0 Å². The summed E-state index contributed by atoms with van der Waals surface area (Å²) < 4.78 is 0. The van der Waals surface area contributed by atoms with E-state index in [2.05, 4.69) is 88.6 Å². The van der Waals surface area contributed by atoms with E-state index in [4.69, 9.17) is 5.73 Å². The van der Waals surface area contributed by atoms with Gasteiger partial charge in [0.1, 0.15) is 0 Å². The molecule has 1 aliphatic heterocycles. The predicted octanol–water partition coefficient (Wildman–Crippen LogP) is 6.50. The van der Waals surface area contributed by atoms with E-state index in [1.54, 1.807) is 0 Å². The van der Waals surface area contributed by atoms with Crippen LogP contribution in [0.3, 0.4) is 0 Å². The van der Waals surface area contributed by atoms with Gasteiger partial charge in [0.15, 0.2) is 0 Å². The maximum absolute atomic E-state index is 5.87.